The first-order chi connectivity index (χ1) is 16.5. The number of amides is 2. The van der Waals surface area contributed by atoms with Crippen LogP contribution in [0, 0.1) is 12.8 Å². The minimum atomic E-state index is -0.0258. The van der Waals surface area contributed by atoms with Crippen molar-refractivity contribution in [1.29, 1.82) is 0 Å². The molecule has 4 heterocycles. The number of carbonyl (C=O) groups excluding carboxylic acids is 2. The summed E-state index contributed by atoms with van der Waals surface area (Å²) in [5, 5.41) is 3.00. The summed E-state index contributed by atoms with van der Waals surface area (Å²) in [7, 11) is 0. The van der Waals surface area contributed by atoms with Gasteiger partial charge < -0.3 is 19.9 Å². The summed E-state index contributed by atoms with van der Waals surface area (Å²) in [5.74, 6) is 0.906. The normalized spacial score (nSPS) is 16.7. The second kappa shape index (κ2) is 9.85. The number of ether oxygens (including phenoxy) is 1. The van der Waals surface area contributed by atoms with Crippen LogP contribution in [-0.4, -0.2) is 54.0 Å². The van der Waals surface area contributed by atoms with E-state index in [1.165, 1.54) is 0 Å². The number of benzene rings is 1. The SMILES string of the molecule is Cc1ccc(C(=O)N2CCC(Oc3ccc(NC(=O)C4CN(c5cccnc5)C4)cc3)CC2)s1. The van der Waals surface area contributed by atoms with Gasteiger partial charge in [-0.25, -0.2) is 0 Å². The van der Waals surface area contributed by atoms with Crippen molar-refractivity contribution < 1.29 is 14.3 Å². The van der Waals surface area contributed by atoms with E-state index in [-0.39, 0.29) is 23.8 Å². The molecule has 1 aromatic carbocycles. The molecule has 0 unspecified atom stereocenters. The summed E-state index contributed by atoms with van der Waals surface area (Å²) in [4.78, 5) is 35.3. The molecule has 34 heavy (non-hydrogen) atoms. The second-order valence-corrected chi connectivity index (χ2v) is 10.1. The molecule has 176 valence electrons. The van der Waals surface area contributed by atoms with E-state index < -0.39 is 0 Å². The van der Waals surface area contributed by atoms with Gasteiger partial charge in [0.1, 0.15) is 11.9 Å². The molecule has 2 saturated heterocycles. The Labute approximate surface area is 203 Å². The number of hydrogen-bond donors (Lipinski definition) is 1. The third-order valence-electron chi connectivity index (χ3n) is 6.37. The smallest absolute Gasteiger partial charge is 0.263 e. The lowest BCUT2D eigenvalue weighted by Crippen LogP contribution is -2.52. The van der Waals surface area contributed by atoms with E-state index in [4.69, 9.17) is 4.74 Å². The van der Waals surface area contributed by atoms with Crippen molar-refractivity contribution in [3.05, 3.63) is 70.7 Å². The lowest BCUT2D eigenvalue weighted by Gasteiger charge is -2.39. The van der Waals surface area contributed by atoms with Gasteiger partial charge in [0.15, 0.2) is 0 Å². The Morgan fingerprint density at radius 2 is 1.82 bits per heavy atom. The number of aryl methyl sites for hydroxylation is 1. The summed E-state index contributed by atoms with van der Waals surface area (Å²) in [5.41, 5.74) is 1.81. The number of hydrogen-bond acceptors (Lipinski definition) is 6. The number of piperidine rings is 1. The van der Waals surface area contributed by atoms with Crippen LogP contribution in [0.5, 0.6) is 5.75 Å². The van der Waals surface area contributed by atoms with E-state index in [0.29, 0.717) is 26.2 Å². The zero-order chi connectivity index (χ0) is 23.5. The monoisotopic (exact) mass is 476 g/mol. The molecule has 2 amide bonds. The van der Waals surface area contributed by atoms with Crippen LogP contribution < -0.4 is 15.0 Å². The van der Waals surface area contributed by atoms with E-state index in [1.807, 2.05) is 66.6 Å². The number of rotatable bonds is 6. The van der Waals surface area contributed by atoms with Crippen LogP contribution >= 0.6 is 11.3 Å². The van der Waals surface area contributed by atoms with Gasteiger partial charge in [-0.3, -0.25) is 14.6 Å². The average molecular weight is 477 g/mol. The van der Waals surface area contributed by atoms with E-state index in [2.05, 4.69) is 15.2 Å². The molecule has 0 radical (unpaired) electrons. The molecule has 0 saturated carbocycles. The van der Waals surface area contributed by atoms with Crippen molar-refractivity contribution in [2.45, 2.75) is 25.9 Å². The highest BCUT2D eigenvalue weighted by atomic mass is 32.1. The summed E-state index contributed by atoms with van der Waals surface area (Å²) < 4.78 is 6.14. The third-order valence-corrected chi connectivity index (χ3v) is 7.36. The van der Waals surface area contributed by atoms with Gasteiger partial charge in [-0.1, -0.05) is 0 Å². The first-order valence-corrected chi connectivity index (χ1v) is 12.4. The highest BCUT2D eigenvalue weighted by Crippen LogP contribution is 2.26. The Morgan fingerprint density at radius 3 is 2.47 bits per heavy atom. The first-order valence-electron chi connectivity index (χ1n) is 11.6. The number of likely N-dealkylation sites (tertiary alicyclic amines) is 1. The Morgan fingerprint density at radius 1 is 1.06 bits per heavy atom. The lowest BCUT2D eigenvalue weighted by atomic mass is 9.98. The number of aromatic nitrogens is 1. The second-order valence-electron chi connectivity index (χ2n) is 8.85. The molecule has 0 spiro atoms. The summed E-state index contributed by atoms with van der Waals surface area (Å²) in [6, 6.07) is 15.4. The van der Waals surface area contributed by atoms with Crippen molar-refractivity contribution in [3.63, 3.8) is 0 Å². The van der Waals surface area contributed by atoms with Crippen LogP contribution in [-0.2, 0) is 4.79 Å². The highest BCUT2D eigenvalue weighted by molar-refractivity contribution is 7.13. The van der Waals surface area contributed by atoms with E-state index >= 15 is 0 Å². The zero-order valence-corrected chi connectivity index (χ0v) is 20.0. The number of pyridine rings is 1. The Balaban J connectivity index is 1.06. The lowest BCUT2D eigenvalue weighted by molar-refractivity contribution is -0.120. The third kappa shape index (κ3) is 5.07. The van der Waals surface area contributed by atoms with Crippen LogP contribution in [0.15, 0.2) is 60.9 Å². The Bertz CT molecular complexity index is 1130. The average Bonchev–Trinajstić information content (AvgIpc) is 3.26. The van der Waals surface area contributed by atoms with E-state index in [0.717, 1.165) is 39.7 Å². The molecule has 7 nitrogen and oxygen atoms in total. The number of anilines is 2. The van der Waals surface area contributed by atoms with Crippen molar-refractivity contribution in [3.8, 4) is 5.75 Å². The van der Waals surface area contributed by atoms with Gasteiger partial charge in [-0.05, 0) is 55.5 Å². The number of thiophene rings is 1. The van der Waals surface area contributed by atoms with Crippen LogP contribution in [0.4, 0.5) is 11.4 Å². The molecule has 8 heteroatoms. The van der Waals surface area contributed by atoms with Gasteiger partial charge in [0, 0.05) is 55.8 Å². The van der Waals surface area contributed by atoms with Crippen LogP contribution in [0.3, 0.4) is 0 Å². The molecule has 1 N–H and O–H groups in total. The molecule has 5 rings (SSSR count). The van der Waals surface area contributed by atoms with Crippen molar-refractivity contribution >= 4 is 34.5 Å². The minimum absolute atomic E-state index is 0.0258. The number of carbonyl (C=O) groups is 2. The van der Waals surface area contributed by atoms with E-state index in [1.54, 1.807) is 17.5 Å². The predicted molar refractivity (Wildman–Crippen MR) is 134 cm³/mol. The molecule has 0 bridgehead atoms. The first kappa shape index (κ1) is 22.4. The molecule has 3 aromatic rings. The molecule has 0 aliphatic carbocycles. The van der Waals surface area contributed by atoms with Gasteiger partial charge in [-0.15, -0.1) is 11.3 Å². The maximum atomic E-state index is 12.6. The standard InChI is InChI=1S/C26H28N4O3S/c1-18-4-9-24(34-18)26(32)29-13-10-23(11-14-29)33-22-7-5-20(6-8-22)28-25(31)19-16-30(17-19)21-3-2-12-27-15-21/h2-9,12,15,19,23H,10-11,13-14,16-17H2,1H3,(H,28,31). The summed E-state index contributed by atoms with van der Waals surface area (Å²) in [6.45, 7) is 4.82. The maximum Gasteiger partial charge on any atom is 0.263 e. The molecule has 2 fully saturated rings. The van der Waals surface area contributed by atoms with Gasteiger partial charge in [0.2, 0.25) is 5.91 Å². The zero-order valence-electron chi connectivity index (χ0n) is 19.1. The van der Waals surface area contributed by atoms with Crippen LogP contribution in [0.2, 0.25) is 0 Å². The van der Waals surface area contributed by atoms with Crippen LogP contribution in [0.25, 0.3) is 0 Å². The fourth-order valence-corrected chi connectivity index (χ4v) is 5.17. The molecular formula is C26H28N4O3S. The minimum Gasteiger partial charge on any atom is -0.490 e. The van der Waals surface area contributed by atoms with Gasteiger partial charge in [0.05, 0.1) is 22.7 Å². The van der Waals surface area contributed by atoms with Crippen LogP contribution in [0.1, 0.15) is 27.4 Å². The number of nitrogens with one attached hydrogen (secondary N) is 1. The van der Waals surface area contributed by atoms with Gasteiger partial charge >= 0.3 is 0 Å². The topological polar surface area (TPSA) is 74.8 Å². The largest absolute Gasteiger partial charge is 0.490 e. The molecular weight excluding hydrogens is 448 g/mol. The Hall–Kier alpha value is -3.39. The van der Waals surface area contributed by atoms with Crippen molar-refractivity contribution in [2.24, 2.45) is 5.92 Å². The van der Waals surface area contributed by atoms with Gasteiger partial charge in [-0.2, -0.15) is 0 Å². The number of nitrogens with zero attached hydrogens (tertiary/aromatic N) is 3. The van der Waals surface area contributed by atoms with Crippen molar-refractivity contribution in [1.82, 2.24) is 9.88 Å². The quantitative estimate of drug-likeness (QED) is 0.577. The Kier molecular flexibility index (Phi) is 6.49. The summed E-state index contributed by atoms with van der Waals surface area (Å²) >= 11 is 1.55. The molecule has 2 aromatic heterocycles. The van der Waals surface area contributed by atoms with Gasteiger partial charge in [0.25, 0.3) is 5.91 Å². The molecule has 0 atom stereocenters. The predicted octanol–water partition coefficient (Wildman–Crippen LogP) is 4.21. The highest BCUT2D eigenvalue weighted by Gasteiger charge is 2.33. The van der Waals surface area contributed by atoms with E-state index in [9.17, 15) is 9.59 Å². The summed E-state index contributed by atoms with van der Waals surface area (Å²) in [6.07, 6.45) is 5.27. The van der Waals surface area contributed by atoms with Crippen molar-refractivity contribution in [2.75, 3.05) is 36.4 Å². The molecule has 2 aliphatic heterocycles. The fraction of sp³-hybridized carbons (Fsp3) is 0.346. The maximum absolute atomic E-state index is 12.6. The fourth-order valence-electron chi connectivity index (χ4n) is 4.33. The molecule has 2 aliphatic rings.